The summed E-state index contributed by atoms with van der Waals surface area (Å²) >= 11 is 1.42. The maximum Gasteiger partial charge on any atom is 0.261 e. The third kappa shape index (κ3) is 1.12. The average Bonchev–Trinajstić information content (AvgIpc) is 2.43. The Balaban J connectivity index is 2.35. The van der Waals surface area contributed by atoms with Crippen LogP contribution in [0.5, 0.6) is 0 Å². The first-order chi connectivity index (χ1) is 6.02. The molecule has 0 radical (unpaired) electrons. The highest BCUT2D eigenvalue weighted by Gasteiger charge is 2.71. The van der Waals surface area contributed by atoms with Gasteiger partial charge in [0.2, 0.25) is 0 Å². The van der Waals surface area contributed by atoms with Crippen LogP contribution in [0.1, 0.15) is 16.2 Å². The second-order valence-corrected chi connectivity index (χ2v) is 4.87. The number of hydrogen-bond donors (Lipinski definition) is 1. The number of thiophene rings is 1. The number of halogens is 2. The number of alkyl halides is 2. The molecule has 0 amide bonds. The van der Waals surface area contributed by atoms with E-state index in [1.807, 2.05) is 13.0 Å². The molecule has 0 spiro atoms. The van der Waals surface area contributed by atoms with E-state index in [9.17, 15) is 8.78 Å². The third-order valence-corrected chi connectivity index (χ3v) is 3.86. The lowest BCUT2D eigenvalue weighted by Gasteiger charge is -2.10. The van der Waals surface area contributed by atoms with Gasteiger partial charge in [-0.3, -0.25) is 0 Å². The predicted molar refractivity (Wildman–Crippen MR) is 49.4 cm³/mol. The lowest BCUT2D eigenvalue weighted by molar-refractivity contribution is 0.0904. The van der Waals surface area contributed by atoms with E-state index in [0.29, 0.717) is 0 Å². The van der Waals surface area contributed by atoms with Gasteiger partial charge in [-0.05, 0) is 19.1 Å². The molecular weight excluding hydrogens is 192 g/mol. The van der Waals surface area contributed by atoms with Crippen LogP contribution in [0.4, 0.5) is 8.78 Å². The molecule has 1 saturated carbocycles. The van der Waals surface area contributed by atoms with Gasteiger partial charge in [-0.15, -0.1) is 11.3 Å². The normalized spacial score (nSPS) is 30.5. The van der Waals surface area contributed by atoms with Crippen LogP contribution in [0.15, 0.2) is 12.1 Å². The van der Waals surface area contributed by atoms with Gasteiger partial charge in [0.15, 0.2) is 0 Å². The Morgan fingerprint density at radius 2 is 2.15 bits per heavy atom. The van der Waals surface area contributed by atoms with E-state index in [1.54, 1.807) is 6.07 Å². The topological polar surface area (TPSA) is 26.0 Å². The van der Waals surface area contributed by atoms with Crippen LogP contribution in [0.3, 0.4) is 0 Å². The molecule has 1 nitrogen and oxygen atoms in total. The highest BCUT2D eigenvalue weighted by Crippen LogP contribution is 2.62. The maximum absolute atomic E-state index is 13.1. The Morgan fingerprint density at radius 3 is 2.46 bits per heavy atom. The van der Waals surface area contributed by atoms with Crippen LogP contribution in [0.25, 0.3) is 0 Å². The van der Waals surface area contributed by atoms with Gasteiger partial charge in [0.25, 0.3) is 5.92 Å². The van der Waals surface area contributed by atoms with E-state index >= 15 is 0 Å². The van der Waals surface area contributed by atoms with Gasteiger partial charge < -0.3 is 5.73 Å². The molecule has 1 aliphatic carbocycles. The minimum atomic E-state index is -2.58. The molecule has 1 unspecified atom stereocenters. The van der Waals surface area contributed by atoms with E-state index in [4.69, 9.17) is 5.73 Å². The quantitative estimate of drug-likeness (QED) is 0.784. The van der Waals surface area contributed by atoms with E-state index in [0.717, 1.165) is 9.75 Å². The number of hydrogen-bond acceptors (Lipinski definition) is 2. The van der Waals surface area contributed by atoms with Crippen molar-refractivity contribution < 1.29 is 8.78 Å². The molecule has 2 rings (SSSR count). The summed E-state index contributed by atoms with van der Waals surface area (Å²) in [7, 11) is 0. The van der Waals surface area contributed by atoms with Gasteiger partial charge in [-0.25, -0.2) is 8.78 Å². The third-order valence-electron chi connectivity index (χ3n) is 2.66. The minimum Gasteiger partial charge on any atom is -0.329 e. The first kappa shape index (κ1) is 9.09. The van der Waals surface area contributed by atoms with Gasteiger partial charge in [-0.2, -0.15) is 0 Å². The molecule has 0 aromatic carbocycles. The van der Waals surface area contributed by atoms with E-state index < -0.39 is 11.3 Å². The lowest BCUT2D eigenvalue weighted by Crippen LogP contribution is -2.25. The van der Waals surface area contributed by atoms with Gasteiger partial charge in [0.1, 0.15) is 0 Å². The van der Waals surface area contributed by atoms with Crippen molar-refractivity contribution in [2.24, 2.45) is 5.73 Å². The SMILES string of the molecule is Cc1ccc(C2(CN)CC2(F)F)s1. The van der Waals surface area contributed by atoms with Crippen LogP contribution < -0.4 is 5.73 Å². The summed E-state index contributed by atoms with van der Waals surface area (Å²) in [6.07, 6.45) is -0.0869. The molecule has 2 N–H and O–H groups in total. The Labute approximate surface area is 79.6 Å². The zero-order chi connectivity index (χ0) is 9.69. The summed E-state index contributed by atoms with van der Waals surface area (Å²) in [5.74, 6) is -2.58. The van der Waals surface area contributed by atoms with Crippen LogP contribution in [0.2, 0.25) is 0 Å². The fourth-order valence-corrected chi connectivity index (χ4v) is 2.74. The van der Waals surface area contributed by atoms with Crippen LogP contribution in [-0.2, 0) is 5.41 Å². The fourth-order valence-electron chi connectivity index (χ4n) is 1.62. The zero-order valence-corrected chi connectivity index (χ0v) is 8.13. The Hall–Kier alpha value is -0.480. The molecule has 0 saturated heterocycles. The van der Waals surface area contributed by atoms with Crippen molar-refractivity contribution in [2.75, 3.05) is 6.54 Å². The molecule has 1 aliphatic rings. The summed E-state index contributed by atoms with van der Waals surface area (Å²) in [5, 5.41) is 0. The van der Waals surface area contributed by atoms with Crippen molar-refractivity contribution in [3.63, 3.8) is 0 Å². The molecule has 1 atom stereocenters. The maximum atomic E-state index is 13.1. The number of aryl methyl sites for hydroxylation is 1. The first-order valence-electron chi connectivity index (χ1n) is 4.17. The van der Waals surface area contributed by atoms with Crippen molar-refractivity contribution in [1.82, 2.24) is 0 Å². The summed E-state index contributed by atoms with van der Waals surface area (Å²) in [6.45, 7) is 1.96. The van der Waals surface area contributed by atoms with Gasteiger partial charge in [0.05, 0.1) is 5.41 Å². The Bertz CT molecular complexity index is 334. The van der Waals surface area contributed by atoms with Crippen molar-refractivity contribution in [3.8, 4) is 0 Å². The molecule has 1 fully saturated rings. The van der Waals surface area contributed by atoms with E-state index in [2.05, 4.69) is 0 Å². The lowest BCUT2D eigenvalue weighted by atomic mass is 10.1. The highest BCUT2D eigenvalue weighted by molar-refractivity contribution is 7.12. The summed E-state index contributed by atoms with van der Waals surface area (Å²) in [6, 6.07) is 3.64. The highest BCUT2D eigenvalue weighted by atomic mass is 32.1. The van der Waals surface area contributed by atoms with Crippen LogP contribution in [-0.4, -0.2) is 12.5 Å². The molecule has 13 heavy (non-hydrogen) atoms. The molecular formula is C9H11F2NS. The smallest absolute Gasteiger partial charge is 0.261 e. The van der Waals surface area contributed by atoms with Crippen molar-refractivity contribution in [1.29, 1.82) is 0 Å². The van der Waals surface area contributed by atoms with Crippen LogP contribution in [0, 0.1) is 6.92 Å². The summed E-state index contributed by atoms with van der Waals surface area (Å²) < 4.78 is 26.1. The Morgan fingerprint density at radius 1 is 1.54 bits per heavy atom. The molecule has 1 aromatic rings. The largest absolute Gasteiger partial charge is 0.329 e. The molecule has 0 bridgehead atoms. The van der Waals surface area contributed by atoms with Crippen LogP contribution >= 0.6 is 11.3 Å². The van der Waals surface area contributed by atoms with Crippen molar-refractivity contribution in [2.45, 2.75) is 24.7 Å². The first-order valence-corrected chi connectivity index (χ1v) is 4.98. The monoisotopic (exact) mass is 203 g/mol. The standard InChI is InChI=1S/C9H11F2NS/c1-6-2-3-7(13-6)8(5-12)4-9(8,10)11/h2-3H,4-5,12H2,1H3. The molecule has 1 heterocycles. The second kappa shape index (κ2) is 2.51. The molecule has 4 heteroatoms. The number of nitrogens with two attached hydrogens (primary N) is 1. The number of rotatable bonds is 2. The van der Waals surface area contributed by atoms with Gasteiger partial charge in [0, 0.05) is 22.7 Å². The Kier molecular flexibility index (Phi) is 1.76. The summed E-state index contributed by atoms with van der Waals surface area (Å²) in [4.78, 5) is 1.79. The minimum absolute atomic E-state index is 0.0416. The summed E-state index contributed by atoms with van der Waals surface area (Å²) in [5.41, 5.74) is 4.38. The zero-order valence-electron chi connectivity index (χ0n) is 7.31. The van der Waals surface area contributed by atoms with Crippen molar-refractivity contribution in [3.05, 3.63) is 21.9 Å². The molecule has 0 aliphatic heterocycles. The predicted octanol–water partition coefficient (Wildman–Crippen LogP) is 2.29. The fraction of sp³-hybridized carbons (Fsp3) is 0.556. The van der Waals surface area contributed by atoms with Crippen molar-refractivity contribution >= 4 is 11.3 Å². The molecule has 1 aromatic heterocycles. The van der Waals surface area contributed by atoms with Gasteiger partial charge >= 0.3 is 0 Å². The molecule has 72 valence electrons. The van der Waals surface area contributed by atoms with Gasteiger partial charge in [-0.1, -0.05) is 0 Å². The average molecular weight is 203 g/mol. The van der Waals surface area contributed by atoms with E-state index in [1.165, 1.54) is 11.3 Å². The van der Waals surface area contributed by atoms with E-state index in [-0.39, 0.29) is 13.0 Å². The second-order valence-electron chi connectivity index (χ2n) is 3.58.